The van der Waals surface area contributed by atoms with E-state index in [0.717, 1.165) is 11.1 Å². The van der Waals surface area contributed by atoms with Crippen molar-refractivity contribution in [3.63, 3.8) is 0 Å². The summed E-state index contributed by atoms with van der Waals surface area (Å²) >= 11 is 0. The first kappa shape index (κ1) is 18.4. The van der Waals surface area contributed by atoms with Crippen molar-refractivity contribution < 1.29 is 64.3 Å². The summed E-state index contributed by atoms with van der Waals surface area (Å²) in [4.78, 5) is 1.62. The van der Waals surface area contributed by atoms with Crippen molar-refractivity contribution in [3.8, 4) is 0 Å². The van der Waals surface area contributed by atoms with Crippen LogP contribution in [0, 0.1) is 6.92 Å². The summed E-state index contributed by atoms with van der Waals surface area (Å²) in [5, 5.41) is 0. The second-order valence-electron chi connectivity index (χ2n) is 4.33. The van der Waals surface area contributed by atoms with E-state index in [-0.39, 0.29) is 57.9 Å². The van der Waals surface area contributed by atoms with Crippen molar-refractivity contribution in [2.75, 3.05) is 13.6 Å². The molecule has 0 saturated heterocycles. The maximum atomic E-state index is 12.4. The molecule has 1 rings (SSSR count). The van der Waals surface area contributed by atoms with Gasteiger partial charge in [-0.3, -0.25) is 0 Å². The molecule has 0 aliphatic heterocycles. The fourth-order valence-electron chi connectivity index (χ4n) is 1.58. The van der Waals surface area contributed by atoms with E-state index in [9.17, 15) is 12.9 Å². The molecule has 0 atom stereocenters. The molecule has 0 saturated carbocycles. The predicted molar refractivity (Wildman–Crippen MR) is 65.7 cm³/mol. The molecule has 0 bridgehead atoms. The van der Waals surface area contributed by atoms with Crippen LogP contribution in [0.2, 0.25) is 0 Å². The number of hydrogen-bond donors (Lipinski definition) is 0. The monoisotopic (exact) mass is 281 g/mol. The van der Waals surface area contributed by atoms with Gasteiger partial charge in [-0.1, -0.05) is 24.3 Å². The van der Waals surface area contributed by atoms with E-state index in [1.807, 2.05) is 31.2 Å². The fourth-order valence-corrected chi connectivity index (χ4v) is 1.58. The fraction of sp³-hybridized carbons (Fsp3) is 0.333. The van der Waals surface area contributed by atoms with Crippen molar-refractivity contribution in [2.24, 2.45) is 0 Å². The molecule has 0 unspecified atom stereocenters. The molecule has 6 heteroatoms. The Bertz CT molecular complexity index is 407. The number of benzene rings is 1. The Kier molecular flexibility index (Phi) is 8.05. The Morgan fingerprint density at radius 3 is 2.33 bits per heavy atom. The maximum Gasteiger partial charge on any atom is 1.00 e. The summed E-state index contributed by atoms with van der Waals surface area (Å²) in [6.07, 6.45) is 0. The van der Waals surface area contributed by atoms with Crippen LogP contribution in [0.4, 0.5) is 12.9 Å². The van der Waals surface area contributed by atoms with Crippen LogP contribution in [-0.4, -0.2) is 25.5 Å². The van der Waals surface area contributed by atoms with Gasteiger partial charge in [0, 0.05) is 6.54 Å². The Labute approximate surface area is 149 Å². The van der Waals surface area contributed by atoms with Crippen LogP contribution in [-0.2, 0) is 6.54 Å². The molecular formula is C12H16BF3KN. The van der Waals surface area contributed by atoms with Crippen LogP contribution < -0.4 is 51.4 Å². The van der Waals surface area contributed by atoms with Gasteiger partial charge in [0.05, 0.1) is 0 Å². The Morgan fingerprint density at radius 2 is 1.83 bits per heavy atom. The largest absolute Gasteiger partial charge is 1.00 e. The third-order valence-electron chi connectivity index (χ3n) is 2.64. The molecule has 1 nitrogen and oxygen atoms in total. The topological polar surface area (TPSA) is 3.24 Å². The zero-order chi connectivity index (χ0) is 13.1. The quantitative estimate of drug-likeness (QED) is 0.705. The molecule has 1 aromatic rings. The first-order chi connectivity index (χ1) is 7.80. The molecule has 0 spiro atoms. The van der Waals surface area contributed by atoms with Gasteiger partial charge < -0.3 is 17.8 Å². The third kappa shape index (κ3) is 6.04. The SMILES string of the molecule is C=C(CN(C)Cc1ccccc1C)[B-](F)(F)F.[K+]. The standard InChI is InChI=1S/C12H16BF3N.K/c1-10-6-4-5-7-12(10)9-17(3)8-11(2)13(14,15)16;/h4-7H,2,8-9H2,1,3H3;/q-1;+1. The van der Waals surface area contributed by atoms with E-state index < -0.39 is 12.4 Å². The minimum atomic E-state index is -4.93. The third-order valence-corrected chi connectivity index (χ3v) is 2.64. The molecule has 0 aliphatic rings. The van der Waals surface area contributed by atoms with Gasteiger partial charge in [0.25, 0.3) is 0 Å². The number of nitrogens with zero attached hydrogens (tertiary/aromatic N) is 1. The summed E-state index contributed by atoms with van der Waals surface area (Å²) in [6.45, 7) is 0.469. The molecule has 0 heterocycles. The van der Waals surface area contributed by atoms with Crippen LogP contribution in [0.3, 0.4) is 0 Å². The van der Waals surface area contributed by atoms with Gasteiger partial charge in [-0.2, -0.15) is 0 Å². The van der Waals surface area contributed by atoms with E-state index in [1.54, 1.807) is 11.9 Å². The van der Waals surface area contributed by atoms with Crippen LogP contribution in [0.15, 0.2) is 36.3 Å². The van der Waals surface area contributed by atoms with Gasteiger partial charge in [-0.15, -0.1) is 12.1 Å². The summed E-state index contributed by atoms with van der Waals surface area (Å²) in [5.41, 5.74) is 1.47. The van der Waals surface area contributed by atoms with Crippen LogP contribution in [0.5, 0.6) is 0 Å². The molecular weight excluding hydrogens is 265 g/mol. The smallest absolute Gasteiger partial charge is 0.445 e. The minimum absolute atomic E-state index is 0. The van der Waals surface area contributed by atoms with Gasteiger partial charge >= 0.3 is 58.4 Å². The minimum Gasteiger partial charge on any atom is -0.445 e. The number of halogens is 3. The average Bonchev–Trinajstić information content (AvgIpc) is 2.20. The van der Waals surface area contributed by atoms with Crippen LogP contribution in [0.1, 0.15) is 11.1 Å². The van der Waals surface area contributed by atoms with Crippen molar-refractivity contribution in [3.05, 3.63) is 47.4 Å². The average molecular weight is 281 g/mol. The van der Waals surface area contributed by atoms with E-state index in [2.05, 4.69) is 6.58 Å². The number of aryl methyl sites for hydroxylation is 1. The van der Waals surface area contributed by atoms with E-state index in [0.29, 0.717) is 6.54 Å². The van der Waals surface area contributed by atoms with Crippen molar-refractivity contribution >= 4 is 6.98 Å². The summed E-state index contributed by atoms with van der Waals surface area (Å²) in [6, 6.07) is 7.67. The molecule has 0 fully saturated rings. The predicted octanol–water partition coefficient (Wildman–Crippen LogP) is 0.374. The van der Waals surface area contributed by atoms with E-state index in [1.165, 1.54) is 0 Å². The Morgan fingerprint density at radius 1 is 1.28 bits per heavy atom. The zero-order valence-corrected chi connectivity index (χ0v) is 14.2. The molecule has 18 heavy (non-hydrogen) atoms. The second kappa shape index (κ2) is 7.87. The van der Waals surface area contributed by atoms with Crippen LogP contribution in [0.25, 0.3) is 0 Å². The zero-order valence-electron chi connectivity index (χ0n) is 11.1. The first-order valence-electron chi connectivity index (χ1n) is 5.41. The number of likely N-dealkylation sites (N-methyl/N-ethyl adjacent to an activating group) is 1. The normalized spacial score (nSPS) is 11.2. The summed E-state index contributed by atoms with van der Waals surface area (Å²) in [5.74, 6) is 0. The molecule has 0 amide bonds. The molecule has 94 valence electrons. The van der Waals surface area contributed by atoms with Gasteiger partial charge in [0.2, 0.25) is 0 Å². The van der Waals surface area contributed by atoms with Gasteiger partial charge in [-0.05, 0) is 31.6 Å². The molecule has 0 aromatic heterocycles. The van der Waals surface area contributed by atoms with E-state index >= 15 is 0 Å². The maximum absolute atomic E-state index is 12.4. The molecule has 1 aromatic carbocycles. The van der Waals surface area contributed by atoms with Crippen LogP contribution >= 0.6 is 0 Å². The molecule has 0 N–H and O–H groups in total. The Hall–Kier alpha value is 0.411. The van der Waals surface area contributed by atoms with Gasteiger partial charge in [-0.25, -0.2) is 0 Å². The molecule has 0 aliphatic carbocycles. The summed E-state index contributed by atoms with van der Waals surface area (Å²) < 4.78 is 37.1. The van der Waals surface area contributed by atoms with Gasteiger partial charge in [0.15, 0.2) is 0 Å². The summed E-state index contributed by atoms with van der Waals surface area (Å²) in [7, 11) is 1.67. The van der Waals surface area contributed by atoms with Crippen molar-refractivity contribution in [1.82, 2.24) is 4.90 Å². The Balaban J connectivity index is 0.00000289. The first-order valence-corrected chi connectivity index (χ1v) is 5.41. The van der Waals surface area contributed by atoms with Crippen molar-refractivity contribution in [2.45, 2.75) is 13.5 Å². The number of rotatable bonds is 5. The van der Waals surface area contributed by atoms with Gasteiger partial charge in [0.1, 0.15) is 0 Å². The van der Waals surface area contributed by atoms with Crippen molar-refractivity contribution in [1.29, 1.82) is 0 Å². The molecule has 0 radical (unpaired) electrons. The number of hydrogen-bond acceptors (Lipinski definition) is 1. The second-order valence-corrected chi connectivity index (χ2v) is 4.33. The van der Waals surface area contributed by atoms with E-state index in [4.69, 9.17) is 0 Å².